The lowest BCUT2D eigenvalue weighted by atomic mass is 9.92. The lowest BCUT2D eigenvalue weighted by Crippen LogP contribution is -2.95. The van der Waals surface area contributed by atoms with Crippen LogP contribution in [0, 0.1) is 23.7 Å². The van der Waals surface area contributed by atoms with Gasteiger partial charge < -0.3 is 108 Å². The number of quaternary nitrogens is 5. The number of carbonyl (C=O) groups is 16. The number of aliphatic carboxylic acids is 4. The third-order valence-corrected chi connectivity index (χ3v) is 21.0. The number of esters is 1. The standard InChI is InChI=1S/C37H57N5O4.C29H39N3O11.C16H33NO.C11H18N2O6.CH4/c1-5-6-7-8-10-33(38)25-39-22-20-36(40-21-9-11-35(45)26-41-28(3)43)37(46)24-27(2)23-30-12-14-31(15-13-30)32-16-18-34(19-17-32)42-29(4)44;1-16(30)23(34)14-18(26(37)31-11-9-19(28(39)40)12-20(33)4-3-5-25(35)36)8-10-32-27(38)22-13-17-6-7-21(42-2)15-24(17)43-29(22)41;1-3-5-6-7-8-9-10-12-16(18)13-11-15-17-14-4-2;1-7(14)12-6-5-8(11(18)19)13-9(15)3-2-4-10(16)17;/h12-19,27,33,36,39-40H,5-11,20-26,38H2,1-4H3,(H,41,43)(H,42,44);6-7,13,15-16,18-19,22,24H,3-5,8-12,14,30H2,1-2H3,(H,31,37)(H,32,38)(H,35,36)(H,39,40);17H,3-15H2,1-2H3;8H,2-6H2,1H3,(H,12,14)(H,13,15)(H,16,17)(H,18,19);1H4/p+1/t27-,33-,36-;16-,18-,19-,22?,24?;;8-;/m00.1./s1. The number of benzene rings is 2. The largest absolute Gasteiger partial charge is 0.550 e. The van der Waals surface area contributed by atoms with Crippen LogP contribution in [0.1, 0.15) is 267 Å². The fraction of sp³-hybridized carbons (Fsp3) is 0.638. The molecule has 1 aliphatic heterocycles. The molecule has 6 amide bonds. The van der Waals surface area contributed by atoms with Crippen molar-refractivity contribution in [2.24, 2.45) is 23.7 Å². The Balaban J connectivity index is 0.00000180. The van der Waals surface area contributed by atoms with Crippen molar-refractivity contribution in [3.05, 3.63) is 89.7 Å². The molecule has 9 atom stereocenters. The van der Waals surface area contributed by atoms with Gasteiger partial charge in [-0.05, 0) is 124 Å². The third kappa shape index (κ3) is 58.7. The molecule has 18 N–H and O–H groups in total. The SMILES string of the molecule is C.CC(=O)NCC[C@@H](NC(=O)CCCC(=O)[O-])C(=O)[O-].CCCCCCCCCC(=O)CCC[NH2+]CCC.CCCCCC[C@H]([NH3+])C[NH2+]CC[C@H]([NH2+]CCCC(=O)CNC(C)=O)C(=O)C[C@@H](C)Cc1ccc(-c2ccc(NC(C)=O)cc2)cc1.COC1=CC2OC(=O)C(C(=O)NCC[C@@H](CC(=O)[C@H](C)[NH3+])C(=O)NCC[C@@H](CC(=O)CCCC(=O)[O-])C(=O)[O-])C=C2C=C1. The van der Waals surface area contributed by atoms with Gasteiger partial charge in [0.05, 0.1) is 58.3 Å². The van der Waals surface area contributed by atoms with Crippen LogP contribution in [0.25, 0.3) is 11.1 Å². The van der Waals surface area contributed by atoms with E-state index in [-0.39, 0.29) is 151 Å². The Morgan fingerprint density at radius 2 is 1.08 bits per heavy atom. The number of carboxylic acid groups (broad SMARTS) is 4. The van der Waals surface area contributed by atoms with Gasteiger partial charge in [0.15, 0.2) is 29.3 Å². The maximum atomic E-state index is 13.5. The number of nitrogens with two attached hydrogens (primary N) is 3. The van der Waals surface area contributed by atoms with Crippen LogP contribution in [0.2, 0.25) is 0 Å². The van der Waals surface area contributed by atoms with Crippen LogP contribution in [0.5, 0.6) is 0 Å². The molecule has 33 nitrogen and oxygen atoms in total. The molecule has 0 spiro atoms. The summed E-state index contributed by atoms with van der Waals surface area (Å²) in [5.41, 5.74) is 12.8. The average Bonchev–Trinajstić information content (AvgIpc) is 0.801. The van der Waals surface area contributed by atoms with Crippen LogP contribution in [-0.4, -0.2) is 190 Å². The number of ether oxygens (including phenoxy) is 2. The summed E-state index contributed by atoms with van der Waals surface area (Å²) >= 11 is 0. The van der Waals surface area contributed by atoms with Crippen LogP contribution < -0.4 is 79.7 Å². The number of rotatable bonds is 66. The molecule has 0 fully saturated rings. The van der Waals surface area contributed by atoms with E-state index in [0.29, 0.717) is 49.0 Å². The number of ketones is 5. The van der Waals surface area contributed by atoms with Crippen molar-refractivity contribution in [3.63, 3.8) is 0 Å². The molecular weight excluding hydrogens is 1640 g/mol. The van der Waals surface area contributed by atoms with Gasteiger partial charge in [-0.1, -0.05) is 141 Å². The third-order valence-electron chi connectivity index (χ3n) is 21.0. The number of carbonyl (C=O) groups excluding carboxylic acids is 16. The van der Waals surface area contributed by atoms with E-state index in [1.807, 2.05) is 24.3 Å². The summed E-state index contributed by atoms with van der Waals surface area (Å²) in [6, 6.07) is 14.8. The molecule has 1 aliphatic carbocycles. The summed E-state index contributed by atoms with van der Waals surface area (Å²) in [7, 11) is 1.48. The van der Waals surface area contributed by atoms with E-state index in [1.54, 1.807) is 25.2 Å². The monoisotopic (exact) mass is 1790 g/mol. The van der Waals surface area contributed by atoms with Gasteiger partial charge in [0, 0.05) is 153 Å². The van der Waals surface area contributed by atoms with Gasteiger partial charge in [-0.15, -0.1) is 0 Å². The normalized spacial score (nSPS) is 14.5. The van der Waals surface area contributed by atoms with Gasteiger partial charge >= 0.3 is 5.97 Å². The Bertz CT molecular complexity index is 3770. The Kier molecular flexibility index (Phi) is 65.1. The second-order valence-corrected chi connectivity index (χ2v) is 32.8. The lowest BCUT2D eigenvalue weighted by Gasteiger charge is -2.27. The molecule has 714 valence electrons. The van der Waals surface area contributed by atoms with Crippen molar-refractivity contribution in [2.75, 3.05) is 71.3 Å². The van der Waals surface area contributed by atoms with Gasteiger partial charge in [0.1, 0.15) is 42.1 Å². The minimum Gasteiger partial charge on any atom is -0.550 e. The number of carboxylic acids is 4. The Hall–Kier alpha value is -10.2. The van der Waals surface area contributed by atoms with Crippen molar-refractivity contribution < 1.29 is 134 Å². The molecule has 0 bridgehead atoms. The van der Waals surface area contributed by atoms with E-state index in [9.17, 15) is 97.1 Å². The zero-order chi connectivity index (χ0) is 94.2. The van der Waals surface area contributed by atoms with Crippen molar-refractivity contribution in [1.29, 1.82) is 0 Å². The molecule has 1 heterocycles. The van der Waals surface area contributed by atoms with Gasteiger partial charge in [-0.3, -0.25) is 57.5 Å². The van der Waals surface area contributed by atoms with E-state index in [4.69, 9.17) is 9.47 Å². The number of allylic oxidation sites excluding steroid dienone is 1. The second-order valence-electron chi connectivity index (χ2n) is 32.8. The Labute approximate surface area is 751 Å². The first kappa shape index (κ1) is 117. The molecule has 0 saturated heterocycles. The van der Waals surface area contributed by atoms with Crippen LogP contribution in [0.15, 0.2) is 84.2 Å². The average molecular weight is 1790 g/mol. The van der Waals surface area contributed by atoms with Gasteiger partial charge in [0.25, 0.3) is 0 Å². The summed E-state index contributed by atoms with van der Waals surface area (Å²) < 4.78 is 10.5. The predicted octanol–water partition coefficient (Wildman–Crippen LogP) is 0.173. The number of nitrogens with one attached hydrogen (secondary N) is 6. The number of unbranched alkanes of at least 4 members (excludes halogenated alkanes) is 9. The van der Waals surface area contributed by atoms with Crippen molar-refractivity contribution in [1.82, 2.24) is 26.6 Å². The molecular formula is C94H152N11O22+. The second kappa shape index (κ2) is 70.8. The first-order chi connectivity index (χ1) is 60.0. The zero-order valence-electron chi connectivity index (χ0n) is 76.2. The highest BCUT2D eigenvalue weighted by Gasteiger charge is 2.36. The highest BCUT2D eigenvalue weighted by atomic mass is 16.5. The minimum absolute atomic E-state index is 0. The number of hydrogen-bond acceptors (Lipinski definition) is 22. The van der Waals surface area contributed by atoms with Gasteiger partial charge in [-0.2, -0.15) is 0 Å². The number of anilines is 1. The highest BCUT2D eigenvalue weighted by Crippen LogP contribution is 2.28. The van der Waals surface area contributed by atoms with Crippen molar-refractivity contribution in [2.45, 2.75) is 299 Å². The number of methoxy groups -OCH3 is 1. The van der Waals surface area contributed by atoms with E-state index < -0.39 is 89.3 Å². The molecule has 2 aromatic carbocycles. The smallest absolute Gasteiger partial charge is 0.323 e. The van der Waals surface area contributed by atoms with E-state index in [2.05, 4.69) is 111 Å². The molecule has 0 radical (unpaired) electrons. The van der Waals surface area contributed by atoms with Crippen LogP contribution >= 0.6 is 0 Å². The van der Waals surface area contributed by atoms with Crippen LogP contribution in [-0.2, 0) is 92.6 Å². The van der Waals surface area contributed by atoms with E-state index >= 15 is 0 Å². The Morgan fingerprint density at radius 3 is 1.67 bits per heavy atom. The van der Waals surface area contributed by atoms with E-state index in [1.165, 1.54) is 117 Å². The predicted molar refractivity (Wildman–Crippen MR) is 472 cm³/mol. The van der Waals surface area contributed by atoms with Gasteiger partial charge in [-0.25, -0.2) is 0 Å². The number of hydrogen-bond donors (Lipinski definition) is 11. The first-order valence-electron chi connectivity index (χ1n) is 45.2. The van der Waals surface area contributed by atoms with E-state index in [0.717, 1.165) is 81.4 Å². The molecule has 127 heavy (non-hydrogen) atoms. The summed E-state index contributed by atoms with van der Waals surface area (Å²) in [6.45, 7) is 19.5. The molecule has 0 saturated carbocycles. The summed E-state index contributed by atoms with van der Waals surface area (Å²) in [5, 5.41) is 64.7. The van der Waals surface area contributed by atoms with Gasteiger partial charge in [0.2, 0.25) is 35.4 Å². The number of fused-ring (bicyclic) bond motifs is 1. The fourth-order valence-electron chi connectivity index (χ4n) is 13.7. The maximum absolute atomic E-state index is 13.5. The Morgan fingerprint density at radius 1 is 0.512 bits per heavy atom. The summed E-state index contributed by atoms with van der Waals surface area (Å²) in [4.78, 5) is 187. The van der Waals surface area contributed by atoms with Crippen molar-refractivity contribution in [3.8, 4) is 11.1 Å². The molecule has 0 aromatic heterocycles. The molecule has 2 aromatic rings. The van der Waals surface area contributed by atoms with Crippen LogP contribution in [0.4, 0.5) is 5.69 Å². The number of Topliss-reactive ketones (excluding diaryl/α,β-unsaturated/α-hetero) is 5. The fourth-order valence-corrected chi connectivity index (χ4v) is 13.7. The highest BCUT2D eigenvalue weighted by molar-refractivity contribution is 6.01. The topological polar surface area (TPSA) is 561 Å². The molecule has 2 aliphatic rings. The summed E-state index contributed by atoms with van der Waals surface area (Å²) in [5.74, 6) is -11.2. The summed E-state index contributed by atoms with van der Waals surface area (Å²) in [6.07, 6.45) is 26.8. The molecule has 2 unspecified atom stereocenters. The maximum Gasteiger partial charge on any atom is 0.323 e. The van der Waals surface area contributed by atoms with Crippen molar-refractivity contribution >= 4 is 99.9 Å². The first-order valence-corrected chi connectivity index (χ1v) is 45.2. The number of amides is 6. The zero-order valence-corrected chi connectivity index (χ0v) is 76.2. The quantitative estimate of drug-likeness (QED) is 0.0239. The molecule has 33 heteroatoms. The van der Waals surface area contributed by atoms with Crippen LogP contribution in [0.3, 0.4) is 0 Å². The lowest BCUT2D eigenvalue weighted by molar-refractivity contribution is -0.704. The molecule has 4 rings (SSSR count). The minimum atomic E-state index is -1.48.